The highest BCUT2D eigenvalue weighted by atomic mass is 32.2. The monoisotopic (exact) mass is 387 g/mol. The van der Waals surface area contributed by atoms with E-state index in [1.54, 1.807) is 36.4 Å². The van der Waals surface area contributed by atoms with E-state index in [-0.39, 0.29) is 34.3 Å². The van der Waals surface area contributed by atoms with E-state index in [9.17, 15) is 22.8 Å². The standard InChI is InChI=1S/C18H17N3O5S/c1-27(25,26)15-9-5-4-8-14(15)19-16(22)10-11-21-18(24)13-7-3-2-6-12(13)17(23)20-21/h2-9H,10-11H2,1H3,(H,19,22)(H,20,23). The minimum Gasteiger partial charge on any atom is -0.325 e. The normalized spacial score (nSPS) is 11.4. The molecule has 0 bridgehead atoms. The molecule has 140 valence electrons. The number of benzene rings is 2. The van der Waals surface area contributed by atoms with Gasteiger partial charge in [-0.1, -0.05) is 24.3 Å². The molecule has 3 aromatic rings. The highest BCUT2D eigenvalue weighted by Gasteiger charge is 2.15. The Morgan fingerprint density at radius 3 is 2.37 bits per heavy atom. The van der Waals surface area contributed by atoms with Gasteiger partial charge in [0.1, 0.15) is 0 Å². The molecule has 3 rings (SSSR count). The highest BCUT2D eigenvalue weighted by molar-refractivity contribution is 7.90. The number of hydrogen-bond donors (Lipinski definition) is 2. The number of H-pyrrole nitrogens is 1. The third-order valence-corrected chi connectivity index (χ3v) is 5.16. The first kappa shape index (κ1) is 18.6. The van der Waals surface area contributed by atoms with Gasteiger partial charge in [-0.15, -0.1) is 0 Å². The van der Waals surface area contributed by atoms with Gasteiger partial charge in [0.2, 0.25) is 5.91 Å². The summed E-state index contributed by atoms with van der Waals surface area (Å²) in [4.78, 5) is 36.7. The van der Waals surface area contributed by atoms with Crippen LogP contribution in [0, 0.1) is 0 Å². The Bertz CT molecular complexity index is 1240. The number of amides is 1. The molecule has 0 unspecified atom stereocenters. The van der Waals surface area contributed by atoms with Crippen LogP contribution in [0.1, 0.15) is 6.42 Å². The second-order valence-electron chi connectivity index (χ2n) is 6.01. The van der Waals surface area contributed by atoms with E-state index in [2.05, 4.69) is 10.4 Å². The summed E-state index contributed by atoms with van der Waals surface area (Å²) in [5.41, 5.74) is -0.660. The van der Waals surface area contributed by atoms with Crippen LogP contribution < -0.4 is 16.4 Å². The lowest BCUT2D eigenvalue weighted by molar-refractivity contribution is -0.116. The van der Waals surface area contributed by atoms with Gasteiger partial charge in [0.25, 0.3) is 11.1 Å². The maximum atomic E-state index is 12.4. The molecule has 0 spiro atoms. The number of sulfone groups is 1. The van der Waals surface area contributed by atoms with Crippen LogP contribution in [0.15, 0.2) is 63.0 Å². The van der Waals surface area contributed by atoms with Crippen molar-refractivity contribution >= 4 is 32.2 Å². The van der Waals surface area contributed by atoms with Crippen LogP contribution in [-0.2, 0) is 21.2 Å². The Labute approximate surface area is 154 Å². The predicted molar refractivity (Wildman–Crippen MR) is 102 cm³/mol. The third kappa shape index (κ3) is 3.98. The van der Waals surface area contributed by atoms with E-state index in [0.29, 0.717) is 0 Å². The zero-order valence-electron chi connectivity index (χ0n) is 14.4. The van der Waals surface area contributed by atoms with Crippen LogP contribution in [0.3, 0.4) is 0 Å². The molecule has 0 aliphatic heterocycles. The number of nitrogens with one attached hydrogen (secondary N) is 2. The molecular formula is C18H17N3O5S. The van der Waals surface area contributed by atoms with Crippen molar-refractivity contribution in [3.8, 4) is 0 Å². The molecule has 9 heteroatoms. The molecule has 0 fully saturated rings. The quantitative estimate of drug-likeness (QED) is 0.680. The van der Waals surface area contributed by atoms with E-state index in [0.717, 1.165) is 10.9 Å². The molecule has 0 aliphatic rings. The number of carbonyl (C=O) groups excluding carboxylic acids is 1. The van der Waals surface area contributed by atoms with E-state index in [1.807, 2.05) is 0 Å². The van der Waals surface area contributed by atoms with Crippen LogP contribution in [-0.4, -0.2) is 30.4 Å². The predicted octanol–water partition coefficient (Wildman–Crippen LogP) is 1.12. The number of aromatic amines is 1. The second kappa shape index (κ2) is 7.20. The zero-order chi connectivity index (χ0) is 19.6. The van der Waals surface area contributed by atoms with Gasteiger partial charge in [-0.3, -0.25) is 19.5 Å². The first-order chi connectivity index (χ1) is 12.8. The van der Waals surface area contributed by atoms with Crippen molar-refractivity contribution in [2.75, 3.05) is 11.6 Å². The fourth-order valence-corrected chi connectivity index (χ4v) is 3.57. The number of aromatic nitrogens is 2. The minimum absolute atomic E-state index is 0.00892. The summed E-state index contributed by atoms with van der Waals surface area (Å²) in [6.45, 7) is -0.0498. The second-order valence-corrected chi connectivity index (χ2v) is 7.99. The number of fused-ring (bicyclic) bond motifs is 1. The molecule has 0 atom stereocenters. The van der Waals surface area contributed by atoms with Gasteiger partial charge in [-0.2, -0.15) is 0 Å². The molecule has 0 aliphatic carbocycles. The minimum atomic E-state index is -3.50. The average Bonchev–Trinajstić information content (AvgIpc) is 2.63. The Balaban J connectivity index is 1.80. The zero-order valence-corrected chi connectivity index (χ0v) is 15.2. The SMILES string of the molecule is CS(=O)(=O)c1ccccc1NC(=O)CCn1[nH]c(=O)c2ccccc2c1=O. The summed E-state index contributed by atoms with van der Waals surface area (Å²) in [5.74, 6) is -0.480. The van der Waals surface area contributed by atoms with Crippen molar-refractivity contribution in [2.45, 2.75) is 17.9 Å². The van der Waals surface area contributed by atoms with E-state index < -0.39 is 26.9 Å². The van der Waals surface area contributed by atoms with Crippen LogP contribution >= 0.6 is 0 Å². The van der Waals surface area contributed by atoms with E-state index in [1.165, 1.54) is 12.1 Å². The number of carbonyl (C=O) groups is 1. The molecule has 1 aromatic heterocycles. The summed E-state index contributed by atoms with van der Waals surface area (Å²) in [6, 6.07) is 12.5. The largest absolute Gasteiger partial charge is 0.325 e. The maximum absolute atomic E-state index is 12.4. The van der Waals surface area contributed by atoms with Crippen molar-refractivity contribution in [3.05, 3.63) is 69.2 Å². The Hall–Kier alpha value is -3.20. The first-order valence-corrected chi connectivity index (χ1v) is 9.97. The van der Waals surface area contributed by atoms with Gasteiger partial charge in [0, 0.05) is 12.7 Å². The molecule has 1 amide bonds. The summed E-state index contributed by atoms with van der Waals surface area (Å²) >= 11 is 0. The molecule has 1 heterocycles. The van der Waals surface area contributed by atoms with Crippen LogP contribution in [0.25, 0.3) is 10.8 Å². The number of nitrogens with zero attached hydrogens (tertiary/aromatic N) is 1. The number of rotatable bonds is 5. The smallest absolute Gasteiger partial charge is 0.273 e. The Kier molecular flexibility index (Phi) is 4.95. The van der Waals surface area contributed by atoms with Gasteiger partial charge in [0.15, 0.2) is 9.84 Å². The molecule has 0 saturated carbocycles. The Morgan fingerprint density at radius 2 is 1.67 bits per heavy atom. The molecular weight excluding hydrogens is 370 g/mol. The van der Waals surface area contributed by atoms with Crippen LogP contribution in [0.4, 0.5) is 5.69 Å². The summed E-state index contributed by atoms with van der Waals surface area (Å²) in [7, 11) is -3.50. The number of hydrogen-bond acceptors (Lipinski definition) is 5. The fraction of sp³-hybridized carbons (Fsp3) is 0.167. The van der Waals surface area contributed by atoms with Crippen molar-refractivity contribution < 1.29 is 13.2 Å². The van der Waals surface area contributed by atoms with Gasteiger partial charge in [-0.25, -0.2) is 13.1 Å². The Morgan fingerprint density at radius 1 is 1.04 bits per heavy atom. The topological polar surface area (TPSA) is 118 Å². The first-order valence-electron chi connectivity index (χ1n) is 8.08. The van der Waals surface area contributed by atoms with Gasteiger partial charge < -0.3 is 5.32 Å². The molecule has 2 aromatic carbocycles. The van der Waals surface area contributed by atoms with Crippen molar-refractivity contribution in [1.82, 2.24) is 9.78 Å². The lowest BCUT2D eigenvalue weighted by Gasteiger charge is -2.10. The van der Waals surface area contributed by atoms with Crippen molar-refractivity contribution in [2.24, 2.45) is 0 Å². The summed E-state index contributed by atoms with van der Waals surface area (Å²) < 4.78 is 24.6. The van der Waals surface area contributed by atoms with E-state index in [4.69, 9.17) is 0 Å². The number of aryl methyl sites for hydroxylation is 1. The van der Waals surface area contributed by atoms with Gasteiger partial charge in [-0.05, 0) is 24.3 Å². The third-order valence-electron chi connectivity index (χ3n) is 4.01. The van der Waals surface area contributed by atoms with Crippen LogP contribution in [0.2, 0.25) is 0 Å². The maximum Gasteiger partial charge on any atom is 0.273 e. The molecule has 0 radical (unpaired) electrons. The summed E-state index contributed by atoms with van der Waals surface area (Å²) in [6.07, 6.45) is 0.934. The lowest BCUT2D eigenvalue weighted by atomic mass is 10.2. The number of para-hydroxylation sites is 1. The van der Waals surface area contributed by atoms with Gasteiger partial charge >= 0.3 is 0 Å². The van der Waals surface area contributed by atoms with Crippen molar-refractivity contribution in [1.29, 1.82) is 0 Å². The number of anilines is 1. The van der Waals surface area contributed by atoms with Crippen molar-refractivity contribution in [3.63, 3.8) is 0 Å². The fourth-order valence-electron chi connectivity index (χ4n) is 2.72. The van der Waals surface area contributed by atoms with Crippen LogP contribution in [0.5, 0.6) is 0 Å². The molecule has 8 nitrogen and oxygen atoms in total. The van der Waals surface area contributed by atoms with E-state index >= 15 is 0 Å². The molecule has 0 saturated heterocycles. The summed E-state index contributed by atoms with van der Waals surface area (Å²) in [5, 5.41) is 5.53. The molecule has 27 heavy (non-hydrogen) atoms. The highest BCUT2D eigenvalue weighted by Crippen LogP contribution is 2.20. The lowest BCUT2D eigenvalue weighted by Crippen LogP contribution is -2.31. The van der Waals surface area contributed by atoms with Gasteiger partial charge in [0.05, 0.1) is 27.9 Å². The average molecular weight is 387 g/mol. The molecule has 2 N–H and O–H groups in total.